The molecule has 1 aromatic carbocycles. The molecule has 0 bridgehead atoms. The van der Waals surface area contributed by atoms with Gasteiger partial charge in [-0.05, 0) is 13.0 Å². The number of nitriles is 1. The number of fused-ring (bicyclic) bond motifs is 3. The number of benzene rings is 1. The number of ketones is 1. The van der Waals surface area contributed by atoms with Gasteiger partial charge in [-0.2, -0.15) is 5.26 Å². The monoisotopic (exact) mass is 241 g/mol. The normalized spacial score (nSPS) is 33.3. The third-order valence-electron chi connectivity index (χ3n) is 4.38. The Morgan fingerprint density at radius 2 is 2.22 bits per heavy atom. The number of aryl methyl sites for hydroxylation is 1. The summed E-state index contributed by atoms with van der Waals surface area (Å²) in [7, 11) is 0. The maximum Gasteiger partial charge on any atom is 0.137 e. The summed E-state index contributed by atoms with van der Waals surface area (Å²) in [6, 6.07) is 8.35. The van der Waals surface area contributed by atoms with E-state index in [9.17, 15) is 10.1 Å². The van der Waals surface area contributed by atoms with Gasteiger partial charge in [0.15, 0.2) is 0 Å². The third-order valence-corrected chi connectivity index (χ3v) is 4.38. The Morgan fingerprint density at radius 1 is 1.44 bits per heavy atom. The van der Waals surface area contributed by atoms with Crippen LogP contribution >= 0.6 is 0 Å². The van der Waals surface area contributed by atoms with E-state index < -0.39 is 0 Å². The molecule has 92 valence electrons. The molecule has 1 saturated carbocycles. The van der Waals surface area contributed by atoms with Gasteiger partial charge in [0.1, 0.15) is 17.6 Å². The van der Waals surface area contributed by atoms with Crippen molar-refractivity contribution in [2.45, 2.75) is 38.2 Å². The predicted molar refractivity (Wildman–Crippen MR) is 66.3 cm³/mol. The fourth-order valence-corrected chi connectivity index (χ4v) is 3.19. The molecule has 1 aliphatic heterocycles. The molecule has 0 N–H and O–H groups in total. The van der Waals surface area contributed by atoms with Gasteiger partial charge in [0, 0.05) is 23.8 Å². The molecule has 3 nitrogen and oxygen atoms in total. The highest BCUT2D eigenvalue weighted by Crippen LogP contribution is 2.52. The third kappa shape index (κ3) is 1.32. The Kier molecular flexibility index (Phi) is 2.25. The fraction of sp³-hybridized carbons (Fsp3) is 0.467. The molecule has 1 aromatic rings. The molecule has 3 atom stereocenters. The van der Waals surface area contributed by atoms with E-state index in [1.54, 1.807) is 0 Å². The molecule has 0 unspecified atom stereocenters. The Labute approximate surface area is 106 Å². The molecule has 0 spiro atoms. The second-order valence-corrected chi connectivity index (χ2v) is 5.52. The van der Waals surface area contributed by atoms with Crippen LogP contribution in [-0.4, -0.2) is 11.9 Å². The lowest BCUT2D eigenvalue weighted by Gasteiger charge is -2.37. The first-order chi connectivity index (χ1) is 8.55. The molecule has 18 heavy (non-hydrogen) atoms. The van der Waals surface area contributed by atoms with Crippen LogP contribution in [0.5, 0.6) is 5.75 Å². The predicted octanol–water partition coefficient (Wildman–Crippen LogP) is 2.52. The second-order valence-electron chi connectivity index (χ2n) is 5.52. The second kappa shape index (κ2) is 3.58. The van der Waals surface area contributed by atoms with Crippen LogP contribution < -0.4 is 4.74 Å². The lowest BCUT2D eigenvalue weighted by molar-refractivity contribution is -0.125. The van der Waals surface area contributed by atoms with Crippen LogP contribution in [0.2, 0.25) is 0 Å². The molecule has 0 radical (unpaired) electrons. The first-order valence-corrected chi connectivity index (χ1v) is 6.25. The lowest BCUT2D eigenvalue weighted by atomic mass is 9.63. The number of hydrogen-bond acceptors (Lipinski definition) is 3. The quantitative estimate of drug-likeness (QED) is 0.701. The average Bonchev–Trinajstić information content (AvgIpc) is 2.62. The summed E-state index contributed by atoms with van der Waals surface area (Å²) in [5.74, 6) is 0.684. The van der Waals surface area contributed by atoms with Crippen molar-refractivity contribution < 1.29 is 9.53 Å². The molecular formula is C15H15NO2. The van der Waals surface area contributed by atoms with Crippen LogP contribution in [0.4, 0.5) is 0 Å². The first kappa shape index (κ1) is 11.3. The fourth-order valence-electron chi connectivity index (χ4n) is 3.19. The SMILES string of the molecule is Cc1ccc2c(c1)[C@@]1(C)[C@H](CC(=O)C[C@@H]1C#N)O2. The molecule has 3 heteroatoms. The van der Waals surface area contributed by atoms with Crippen molar-refractivity contribution in [2.24, 2.45) is 5.92 Å². The van der Waals surface area contributed by atoms with Crippen LogP contribution in [0.3, 0.4) is 0 Å². The van der Waals surface area contributed by atoms with Crippen LogP contribution in [0.25, 0.3) is 0 Å². The van der Waals surface area contributed by atoms with Crippen molar-refractivity contribution in [2.75, 3.05) is 0 Å². The Balaban J connectivity index is 2.16. The minimum absolute atomic E-state index is 0.133. The molecular weight excluding hydrogens is 226 g/mol. The van der Waals surface area contributed by atoms with E-state index in [-0.39, 0.29) is 23.2 Å². The Morgan fingerprint density at radius 3 is 2.94 bits per heavy atom. The van der Waals surface area contributed by atoms with Crippen molar-refractivity contribution in [1.29, 1.82) is 5.26 Å². The van der Waals surface area contributed by atoms with Crippen LogP contribution in [0.1, 0.15) is 30.9 Å². The van der Waals surface area contributed by atoms with Crippen molar-refractivity contribution in [3.63, 3.8) is 0 Å². The van der Waals surface area contributed by atoms with E-state index in [0.717, 1.165) is 16.9 Å². The van der Waals surface area contributed by atoms with Gasteiger partial charge in [-0.3, -0.25) is 4.79 Å². The summed E-state index contributed by atoms with van der Waals surface area (Å²) < 4.78 is 5.90. The van der Waals surface area contributed by atoms with Gasteiger partial charge < -0.3 is 4.74 Å². The van der Waals surface area contributed by atoms with Crippen LogP contribution in [0, 0.1) is 24.2 Å². The van der Waals surface area contributed by atoms with Crippen LogP contribution in [-0.2, 0) is 10.2 Å². The highest BCUT2D eigenvalue weighted by atomic mass is 16.5. The number of rotatable bonds is 0. The molecule has 2 aliphatic rings. The smallest absolute Gasteiger partial charge is 0.137 e. The zero-order valence-corrected chi connectivity index (χ0v) is 10.6. The number of ether oxygens (including phenoxy) is 1. The van der Waals surface area contributed by atoms with E-state index in [2.05, 4.69) is 19.1 Å². The summed E-state index contributed by atoms with van der Waals surface area (Å²) in [6.45, 7) is 4.09. The van der Waals surface area contributed by atoms with Gasteiger partial charge in [-0.1, -0.05) is 24.6 Å². The minimum atomic E-state index is -0.343. The van der Waals surface area contributed by atoms with E-state index in [1.165, 1.54) is 0 Å². The summed E-state index contributed by atoms with van der Waals surface area (Å²) in [6.07, 6.45) is 0.586. The minimum Gasteiger partial charge on any atom is -0.489 e. The highest BCUT2D eigenvalue weighted by Gasteiger charge is 2.54. The van der Waals surface area contributed by atoms with Crippen molar-refractivity contribution in [3.8, 4) is 11.8 Å². The number of Topliss-reactive ketones (excluding diaryl/α,β-unsaturated/α-hetero) is 1. The van der Waals surface area contributed by atoms with Crippen molar-refractivity contribution in [1.82, 2.24) is 0 Å². The maximum absolute atomic E-state index is 11.7. The molecule has 0 amide bonds. The van der Waals surface area contributed by atoms with Crippen LogP contribution in [0.15, 0.2) is 18.2 Å². The molecule has 1 fully saturated rings. The van der Waals surface area contributed by atoms with Gasteiger partial charge in [0.05, 0.1) is 12.0 Å². The molecule has 1 aliphatic carbocycles. The Hall–Kier alpha value is -1.82. The summed E-state index contributed by atoms with van der Waals surface area (Å²) in [5, 5.41) is 9.36. The molecule has 1 heterocycles. The number of carbonyl (C=O) groups excluding carboxylic acids is 1. The standard InChI is InChI=1S/C15H15NO2/c1-9-3-4-13-12(5-9)15(2)10(8-16)6-11(17)7-14(15)18-13/h3-5,10,14H,6-7H2,1-2H3/t10-,14+,15+/m1/s1. The van der Waals surface area contributed by atoms with Gasteiger partial charge in [-0.25, -0.2) is 0 Å². The van der Waals surface area contributed by atoms with E-state index >= 15 is 0 Å². The zero-order chi connectivity index (χ0) is 12.9. The maximum atomic E-state index is 11.7. The topological polar surface area (TPSA) is 50.1 Å². The lowest BCUT2D eigenvalue weighted by Crippen LogP contribution is -2.47. The Bertz CT molecular complexity index is 572. The largest absolute Gasteiger partial charge is 0.489 e. The molecule has 3 rings (SSSR count). The molecule has 0 aromatic heterocycles. The van der Waals surface area contributed by atoms with E-state index in [1.807, 2.05) is 19.1 Å². The summed E-state index contributed by atoms with van der Waals surface area (Å²) >= 11 is 0. The van der Waals surface area contributed by atoms with Gasteiger partial charge in [0.25, 0.3) is 0 Å². The molecule has 0 saturated heterocycles. The van der Waals surface area contributed by atoms with Gasteiger partial charge in [0.2, 0.25) is 0 Å². The van der Waals surface area contributed by atoms with Crippen molar-refractivity contribution in [3.05, 3.63) is 29.3 Å². The first-order valence-electron chi connectivity index (χ1n) is 6.25. The summed E-state index contributed by atoms with van der Waals surface area (Å²) in [5.41, 5.74) is 1.91. The van der Waals surface area contributed by atoms with Gasteiger partial charge in [-0.15, -0.1) is 0 Å². The van der Waals surface area contributed by atoms with E-state index in [0.29, 0.717) is 12.8 Å². The number of nitrogens with zero attached hydrogens (tertiary/aromatic N) is 1. The highest BCUT2D eigenvalue weighted by molar-refractivity contribution is 5.82. The van der Waals surface area contributed by atoms with E-state index in [4.69, 9.17) is 4.74 Å². The summed E-state index contributed by atoms with van der Waals surface area (Å²) in [4.78, 5) is 11.7. The van der Waals surface area contributed by atoms with Gasteiger partial charge >= 0.3 is 0 Å². The number of hydrogen-bond donors (Lipinski definition) is 0. The number of carbonyl (C=O) groups is 1. The zero-order valence-electron chi connectivity index (χ0n) is 10.6. The average molecular weight is 241 g/mol. The van der Waals surface area contributed by atoms with Crippen molar-refractivity contribution >= 4 is 5.78 Å².